The molecule has 0 rings (SSSR count). The van der Waals surface area contributed by atoms with Gasteiger partial charge in [0.1, 0.15) is 0 Å². The van der Waals surface area contributed by atoms with Gasteiger partial charge < -0.3 is 29.9 Å². The minimum Gasteiger partial charge on any atom is -0.550 e. The molecule has 0 aliphatic heterocycles. The largest absolute Gasteiger partial charge is 3.00 e. The molecule has 0 aromatic heterocycles. The van der Waals surface area contributed by atoms with Gasteiger partial charge in [-0.1, -0.05) is 0 Å². The first-order chi connectivity index (χ1) is 5.45. The minimum atomic E-state index is -1.50. The van der Waals surface area contributed by atoms with E-state index in [1.54, 1.807) is 0 Å². The summed E-state index contributed by atoms with van der Waals surface area (Å²) in [7, 11) is 0. The van der Waals surface area contributed by atoms with Crippen molar-refractivity contribution in [2.24, 2.45) is 5.34 Å². The molecule has 0 saturated carbocycles. The number of carbonyl (C=O) groups excluding carboxylic acids is 2. The summed E-state index contributed by atoms with van der Waals surface area (Å²) in [6, 6.07) is 0. The van der Waals surface area contributed by atoms with Crippen molar-refractivity contribution in [3.05, 3.63) is 10.1 Å². The number of aliphatic carboxylic acids is 2. The summed E-state index contributed by atoms with van der Waals surface area (Å²) in [5.41, 5.74) is 0. The predicted molar refractivity (Wildman–Crippen MR) is 36.6 cm³/mol. The number of hydrogen-bond donors (Lipinski definition) is 1. The van der Waals surface area contributed by atoms with E-state index in [1.165, 1.54) is 0 Å². The maximum atomic E-state index is 9.76. The van der Waals surface area contributed by atoms with Crippen LogP contribution in [0.4, 0.5) is 0 Å². The van der Waals surface area contributed by atoms with Gasteiger partial charge in [0.05, 0.1) is 5.97 Å². The molecule has 0 aromatic carbocycles. The van der Waals surface area contributed by atoms with E-state index in [-0.39, 0.29) is 22.4 Å². The van der Waals surface area contributed by atoms with Crippen LogP contribution in [-0.4, -0.2) is 17.2 Å². The molecule has 0 radical (unpaired) electrons. The topological polar surface area (TPSA) is 133 Å². The molecule has 78 valence electrons. The van der Waals surface area contributed by atoms with Gasteiger partial charge in [-0.3, -0.25) is 0 Å². The molecule has 7 nitrogen and oxygen atoms in total. The van der Waals surface area contributed by atoms with Crippen molar-refractivity contribution in [2.75, 3.05) is 0 Å². The van der Waals surface area contributed by atoms with Crippen LogP contribution in [0.3, 0.4) is 0 Å². The van der Waals surface area contributed by atoms with E-state index >= 15 is 0 Å². The Labute approximate surface area is 94.0 Å². The standard InChI is InChI=1S/C4H6O4S.Au.HNO2/c5-3(6)1-2(9)4(7)8;;2-1-3/h2,9H,1H2,(H,5,6)(H,7,8);;(H,2,3)/q;+3;/p-3. The third kappa shape index (κ3) is 18.4. The Morgan fingerprint density at radius 3 is 1.77 bits per heavy atom. The number of carbonyl (C=O) groups is 2. The zero-order chi connectivity index (χ0) is 10.1. The molecule has 1 atom stereocenters. The van der Waals surface area contributed by atoms with Crippen LogP contribution in [0, 0.1) is 10.1 Å². The molecule has 0 fully saturated rings. The maximum absolute atomic E-state index is 9.76. The second-order valence-electron chi connectivity index (χ2n) is 1.49. The van der Waals surface area contributed by atoms with Gasteiger partial charge in [0.2, 0.25) is 0 Å². The fraction of sp³-hybridized carbons (Fsp3) is 0.500. The van der Waals surface area contributed by atoms with Crippen molar-refractivity contribution >= 4 is 24.6 Å². The molecular formula is C4H4AuNO6S. The smallest absolute Gasteiger partial charge is 0.550 e. The second kappa shape index (κ2) is 11.4. The summed E-state index contributed by atoms with van der Waals surface area (Å²) in [6.45, 7) is 0. The fourth-order valence-corrected chi connectivity index (χ4v) is 0.390. The van der Waals surface area contributed by atoms with E-state index in [0.717, 1.165) is 5.34 Å². The number of carboxylic acids is 2. The van der Waals surface area contributed by atoms with Gasteiger partial charge >= 0.3 is 22.4 Å². The summed E-state index contributed by atoms with van der Waals surface area (Å²) in [6.07, 6.45) is -0.620. The Balaban J connectivity index is -0.000000220. The number of nitrogens with zero attached hydrogens (tertiary/aromatic N) is 1. The maximum Gasteiger partial charge on any atom is 3.00 e. The summed E-state index contributed by atoms with van der Waals surface area (Å²) in [5.74, 6) is -2.94. The number of thiol groups is 1. The average Bonchev–Trinajstić information content (AvgIpc) is 1.87. The van der Waals surface area contributed by atoms with Gasteiger partial charge in [0, 0.05) is 17.6 Å². The average molecular weight is 391 g/mol. The molecule has 0 amide bonds. The van der Waals surface area contributed by atoms with Crippen molar-refractivity contribution in [3.63, 3.8) is 0 Å². The fourth-order valence-electron chi connectivity index (χ4n) is 0.241. The Morgan fingerprint density at radius 1 is 1.38 bits per heavy atom. The molecule has 0 heterocycles. The molecule has 1 unspecified atom stereocenters. The van der Waals surface area contributed by atoms with Gasteiger partial charge in [-0.05, 0) is 0 Å². The summed E-state index contributed by atoms with van der Waals surface area (Å²) < 4.78 is 0. The third-order valence-corrected chi connectivity index (χ3v) is 1.03. The molecule has 0 bridgehead atoms. The molecule has 0 aliphatic carbocycles. The van der Waals surface area contributed by atoms with Crippen LogP contribution in [0.1, 0.15) is 6.42 Å². The van der Waals surface area contributed by atoms with Gasteiger partial charge in [-0.15, -0.1) is 5.34 Å². The van der Waals surface area contributed by atoms with E-state index < -0.39 is 23.6 Å². The number of rotatable bonds is 3. The third-order valence-electron chi connectivity index (χ3n) is 0.632. The first-order valence-corrected chi connectivity index (χ1v) is 3.01. The monoisotopic (exact) mass is 391 g/mol. The Bertz CT molecular complexity index is 176. The normalized spacial score (nSPS) is 9.62. The summed E-state index contributed by atoms with van der Waals surface area (Å²) in [5, 5.41) is 27.2. The SMILES string of the molecule is O=C([O-])CC(S)C(=O)[O-].O=N[O-].[Au+3]. The molecule has 0 saturated heterocycles. The quantitative estimate of drug-likeness (QED) is 0.243. The summed E-state index contributed by atoms with van der Waals surface area (Å²) in [4.78, 5) is 27.4. The van der Waals surface area contributed by atoms with Crippen molar-refractivity contribution in [2.45, 2.75) is 11.7 Å². The van der Waals surface area contributed by atoms with E-state index in [2.05, 4.69) is 12.6 Å². The number of carboxylic acid groups (broad SMARTS) is 2. The van der Waals surface area contributed by atoms with Crippen LogP contribution in [0.15, 0.2) is 5.34 Å². The van der Waals surface area contributed by atoms with Crippen LogP contribution in [0.2, 0.25) is 0 Å². The molecular weight excluding hydrogens is 387 g/mol. The van der Waals surface area contributed by atoms with Gasteiger partial charge in [0.15, 0.2) is 0 Å². The van der Waals surface area contributed by atoms with Crippen molar-refractivity contribution < 1.29 is 42.2 Å². The Morgan fingerprint density at radius 2 is 1.69 bits per heavy atom. The Hall–Kier alpha value is -0.570. The zero-order valence-corrected chi connectivity index (χ0v) is 8.99. The second-order valence-corrected chi connectivity index (χ2v) is 2.11. The molecule has 13 heavy (non-hydrogen) atoms. The van der Waals surface area contributed by atoms with E-state index in [1.807, 2.05) is 0 Å². The molecule has 9 heteroatoms. The number of hydrogen-bond acceptors (Lipinski definition) is 8. The van der Waals surface area contributed by atoms with Gasteiger partial charge in [0.25, 0.3) is 0 Å². The van der Waals surface area contributed by atoms with Crippen molar-refractivity contribution in [3.8, 4) is 0 Å². The molecule has 0 aromatic rings. The van der Waals surface area contributed by atoms with Crippen molar-refractivity contribution in [1.82, 2.24) is 0 Å². The zero-order valence-electron chi connectivity index (χ0n) is 5.93. The Kier molecular flexibility index (Phi) is 16.1. The van der Waals surface area contributed by atoms with Crippen LogP contribution in [0.5, 0.6) is 0 Å². The first kappa shape index (κ1) is 18.3. The first-order valence-electron chi connectivity index (χ1n) is 2.49. The molecule has 0 spiro atoms. The van der Waals surface area contributed by atoms with Crippen LogP contribution in [-0.2, 0) is 32.0 Å². The predicted octanol–water partition coefficient (Wildman–Crippen LogP) is -2.58. The van der Waals surface area contributed by atoms with Gasteiger partial charge in [-0.25, -0.2) is 0 Å². The summed E-state index contributed by atoms with van der Waals surface area (Å²) >= 11 is 3.38. The van der Waals surface area contributed by atoms with Crippen LogP contribution >= 0.6 is 12.6 Å². The molecule has 0 aliphatic rings. The van der Waals surface area contributed by atoms with Crippen molar-refractivity contribution in [1.29, 1.82) is 0 Å². The van der Waals surface area contributed by atoms with E-state index in [9.17, 15) is 19.8 Å². The minimum absolute atomic E-state index is 0. The molecule has 0 N–H and O–H groups in total. The van der Waals surface area contributed by atoms with Gasteiger partial charge in [-0.2, -0.15) is 12.6 Å². The van der Waals surface area contributed by atoms with E-state index in [4.69, 9.17) is 10.1 Å². The van der Waals surface area contributed by atoms with Crippen LogP contribution in [0.25, 0.3) is 0 Å². The van der Waals surface area contributed by atoms with Crippen LogP contribution < -0.4 is 10.2 Å². The van der Waals surface area contributed by atoms with E-state index in [0.29, 0.717) is 0 Å².